The molecule has 3 aromatic rings. The fourth-order valence-electron chi connectivity index (χ4n) is 2.23. The lowest BCUT2D eigenvalue weighted by Gasteiger charge is -2.12. The number of para-hydroxylation sites is 1. The van der Waals surface area contributed by atoms with Crippen LogP contribution in [0, 0.1) is 0 Å². The van der Waals surface area contributed by atoms with E-state index in [1.54, 1.807) is 17.8 Å². The molecule has 0 aliphatic heterocycles. The highest BCUT2D eigenvalue weighted by Crippen LogP contribution is 2.33. The number of benzene rings is 2. The maximum Gasteiger partial charge on any atom is 0.324 e. The van der Waals surface area contributed by atoms with Gasteiger partial charge in [-0.15, -0.1) is 0 Å². The predicted molar refractivity (Wildman–Crippen MR) is 105 cm³/mol. The predicted octanol–water partition coefficient (Wildman–Crippen LogP) is 5.77. The molecule has 2 aromatic carbocycles. The molecule has 0 spiro atoms. The van der Waals surface area contributed by atoms with Crippen LogP contribution in [0.15, 0.2) is 75.0 Å². The van der Waals surface area contributed by atoms with Crippen molar-refractivity contribution in [3.8, 4) is 0 Å². The third-order valence-electron chi connectivity index (χ3n) is 3.60. The minimum atomic E-state index is -0.361. The molecular formula is C20H21N3O2S. The van der Waals surface area contributed by atoms with Gasteiger partial charge in [0.15, 0.2) is 5.82 Å². The van der Waals surface area contributed by atoms with Crippen LogP contribution in [0.3, 0.4) is 0 Å². The lowest BCUT2D eigenvalue weighted by atomic mass is 9.93. The Morgan fingerprint density at radius 3 is 2.38 bits per heavy atom. The molecule has 134 valence electrons. The van der Waals surface area contributed by atoms with Crippen LogP contribution in [-0.4, -0.2) is 11.2 Å². The molecule has 0 saturated carbocycles. The average Bonchev–Trinajstić information content (AvgIpc) is 3.06. The maximum atomic E-state index is 12.3. The Balaban J connectivity index is 1.69. The zero-order valence-corrected chi connectivity index (χ0v) is 15.8. The summed E-state index contributed by atoms with van der Waals surface area (Å²) in [6.07, 6.45) is 0. The first-order chi connectivity index (χ1) is 12.4. The molecule has 1 aromatic heterocycles. The Hall–Kier alpha value is -2.73. The van der Waals surface area contributed by atoms with Gasteiger partial charge in [-0.05, 0) is 24.3 Å². The number of rotatable bonds is 4. The van der Waals surface area contributed by atoms with Crippen molar-refractivity contribution in [1.82, 2.24) is 5.16 Å². The molecule has 0 saturated heterocycles. The molecule has 0 atom stereocenters. The summed E-state index contributed by atoms with van der Waals surface area (Å²) in [5.74, 6) is 1.11. The van der Waals surface area contributed by atoms with Gasteiger partial charge in [0.05, 0.1) is 5.69 Å². The van der Waals surface area contributed by atoms with Crippen molar-refractivity contribution < 1.29 is 9.32 Å². The number of anilines is 2. The highest BCUT2D eigenvalue weighted by Gasteiger charge is 2.20. The molecule has 5 nitrogen and oxygen atoms in total. The molecule has 6 heteroatoms. The van der Waals surface area contributed by atoms with Gasteiger partial charge in [0.25, 0.3) is 0 Å². The van der Waals surface area contributed by atoms with Gasteiger partial charge in [-0.25, -0.2) is 4.79 Å². The second kappa shape index (κ2) is 7.66. The molecule has 0 unspecified atom stereocenters. The van der Waals surface area contributed by atoms with Crippen molar-refractivity contribution >= 4 is 29.3 Å². The summed E-state index contributed by atoms with van der Waals surface area (Å²) in [7, 11) is 0. The van der Waals surface area contributed by atoms with E-state index in [-0.39, 0.29) is 11.4 Å². The Morgan fingerprint density at radius 1 is 1.00 bits per heavy atom. The number of hydrogen-bond acceptors (Lipinski definition) is 4. The number of carbonyl (C=O) groups is 1. The van der Waals surface area contributed by atoms with E-state index in [0.29, 0.717) is 11.6 Å². The molecule has 0 aliphatic rings. The number of nitrogens with one attached hydrogen (secondary N) is 2. The van der Waals surface area contributed by atoms with Crippen LogP contribution in [0.5, 0.6) is 0 Å². The second-order valence-electron chi connectivity index (χ2n) is 6.82. The minimum Gasteiger partial charge on any atom is -0.359 e. The third kappa shape index (κ3) is 4.67. The number of hydrogen-bond donors (Lipinski definition) is 2. The smallest absolute Gasteiger partial charge is 0.324 e. The van der Waals surface area contributed by atoms with Gasteiger partial charge < -0.3 is 9.84 Å². The number of nitrogens with zero attached hydrogens (tertiary/aromatic N) is 1. The van der Waals surface area contributed by atoms with E-state index in [1.807, 2.05) is 75.4 Å². The van der Waals surface area contributed by atoms with Crippen molar-refractivity contribution in [2.75, 3.05) is 10.6 Å². The van der Waals surface area contributed by atoms with Crippen LogP contribution in [0.25, 0.3) is 0 Å². The molecule has 2 amide bonds. The fourth-order valence-corrected chi connectivity index (χ4v) is 3.15. The molecule has 1 heterocycles. The summed E-state index contributed by atoms with van der Waals surface area (Å²) in [5.41, 5.74) is 0.570. The average molecular weight is 367 g/mol. The topological polar surface area (TPSA) is 67.2 Å². The highest BCUT2D eigenvalue weighted by molar-refractivity contribution is 7.99. The van der Waals surface area contributed by atoms with Gasteiger partial charge in [-0.1, -0.05) is 68.0 Å². The lowest BCUT2D eigenvalue weighted by Crippen LogP contribution is -2.20. The quantitative estimate of drug-likeness (QED) is 0.614. The number of urea groups is 1. The first-order valence-electron chi connectivity index (χ1n) is 8.29. The van der Waals surface area contributed by atoms with Gasteiger partial charge in [0.2, 0.25) is 0 Å². The normalized spacial score (nSPS) is 11.2. The largest absolute Gasteiger partial charge is 0.359 e. The Labute approximate surface area is 157 Å². The van der Waals surface area contributed by atoms with Gasteiger partial charge in [-0.2, -0.15) is 0 Å². The van der Waals surface area contributed by atoms with Crippen LogP contribution < -0.4 is 10.6 Å². The number of aromatic nitrogens is 1. The molecule has 3 rings (SSSR count). The van der Waals surface area contributed by atoms with E-state index in [0.717, 1.165) is 15.5 Å². The van der Waals surface area contributed by atoms with Gasteiger partial charge in [0, 0.05) is 21.3 Å². The molecule has 0 bridgehead atoms. The molecular weight excluding hydrogens is 346 g/mol. The summed E-state index contributed by atoms with van der Waals surface area (Å²) in [4.78, 5) is 14.4. The van der Waals surface area contributed by atoms with Gasteiger partial charge in [-0.3, -0.25) is 5.32 Å². The van der Waals surface area contributed by atoms with Crippen LogP contribution >= 0.6 is 11.8 Å². The van der Waals surface area contributed by atoms with E-state index in [1.165, 1.54) is 0 Å². The first-order valence-corrected chi connectivity index (χ1v) is 9.10. The zero-order chi connectivity index (χ0) is 18.6. The van der Waals surface area contributed by atoms with Crippen molar-refractivity contribution in [1.29, 1.82) is 0 Å². The summed E-state index contributed by atoms with van der Waals surface area (Å²) in [6.45, 7) is 6.07. The SMILES string of the molecule is CC(C)(C)c1cc(NC(=O)Nc2ccccc2Sc2ccccc2)no1. The Kier molecular flexibility index (Phi) is 5.32. The molecule has 0 aliphatic carbocycles. The summed E-state index contributed by atoms with van der Waals surface area (Å²) >= 11 is 1.59. The van der Waals surface area contributed by atoms with E-state index >= 15 is 0 Å². The Morgan fingerprint density at radius 2 is 1.69 bits per heavy atom. The fraction of sp³-hybridized carbons (Fsp3) is 0.200. The van der Waals surface area contributed by atoms with E-state index in [4.69, 9.17) is 4.52 Å². The molecule has 2 N–H and O–H groups in total. The maximum absolute atomic E-state index is 12.3. The Bertz CT molecular complexity index is 885. The van der Waals surface area contributed by atoms with Crippen LogP contribution in [0.1, 0.15) is 26.5 Å². The van der Waals surface area contributed by atoms with Gasteiger partial charge in [0.1, 0.15) is 5.76 Å². The summed E-state index contributed by atoms with van der Waals surface area (Å²) in [5, 5.41) is 9.49. The van der Waals surface area contributed by atoms with Crippen LogP contribution in [0.2, 0.25) is 0 Å². The molecule has 0 fully saturated rings. The monoisotopic (exact) mass is 367 g/mol. The molecule has 26 heavy (non-hydrogen) atoms. The van der Waals surface area contributed by atoms with E-state index < -0.39 is 0 Å². The lowest BCUT2D eigenvalue weighted by molar-refractivity contribution is 0.261. The second-order valence-corrected chi connectivity index (χ2v) is 7.93. The van der Waals surface area contributed by atoms with Crippen molar-refractivity contribution in [3.05, 3.63) is 66.4 Å². The van der Waals surface area contributed by atoms with Crippen LogP contribution in [0.4, 0.5) is 16.3 Å². The van der Waals surface area contributed by atoms with E-state index in [9.17, 15) is 4.79 Å². The highest BCUT2D eigenvalue weighted by atomic mass is 32.2. The molecule has 0 radical (unpaired) electrons. The van der Waals surface area contributed by atoms with E-state index in [2.05, 4.69) is 15.8 Å². The summed E-state index contributed by atoms with van der Waals surface area (Å²) in [6, 6.07) is 19.1. The first kappa shape index (κ1) is 18.1. The van der Waals surface area contributed by atoms with Crippen molar-refractivity contribution in [2.45, 2.75) is 36.0 Å². The summed E-state index contributed by atoms with van der Waals surface area (Å²) < 4.78 is 5.29. The minimum absolute atomic E-state index is 0.164. The van der Waals surface area contributed by atoms with Gasteiger partial charge >= 0.3 is 6.03 Å². The van der Waals surface area contributed by atoms with Crippen LogP contribution in [-0.2, 0) is 5.41 Å². The number of amides is 2. The third-order valence-corrected chi connectivity index (χ3v) is 4.68. The number of carbonyl (C=O) groups excluding carboxylic acids is 1. The zero-order valence-electron chi connectivity index (χ0n) is 14.9. The standard InChI is InChI=1S/C20H21N3O2S/c1-20(2,3)17-13-18(23-25-17)22-19(24)21-15-11-7-8-12-16(15)26-14-9-5-4-6-10-14/h4-13H,1-3H3,(H2,21,22,23,24). The van der Waals surface area contributed by atoms with Crippen molar-refractivity contribution in [2.24, 2.45) is 0 Å². The van der Waals surface area contributed by atoms with Crippen molar-refractivity contribution in [3.63, 3.8) is 0 Å².